The van der Waals surface area contributed by atoms with Gasteiger partial charge in [-0.2, -0.15) is 5.10 Å². The molecule has 0 saturated carbocycles. The Kier molecular flexibility index (Phi) is 4.99. The van der Waals surface area contributed by atoms with Crippen LogP contribution in [0.5, 0.6) is 11.5 Å². The standard InChI is InChI=1S/C17H14IN3O3/c1-23-15-7-11(6-14(18)17(15)22)8-20-21-13-4-2-12(3-5-13)16-9-19-10-24-16/h2-10,21-22H,1H3/b20-8+. The maximum absolute atomic E-state index is 9.83. The van der Waals surface area contributed by atoms with Crippen LogP contribution >= 0.6 is 22.6 Å². The van der Waals surface area contributed by atoms with Gasteiger partial charge in [-0.3, -0.25) is 5.43 Å². The van der Waals surface area contributed by atoms with E-state index in [4.69, 9.17) is 9.15 Å². The molecule has 0 unspecified atom stereocenters. The zero-order chi connectivity index (χ0) is 16.9. The van der Waals surface area contributed by atoms with Crippen molar-refractivity contribution in [3.8, 4) is 22.8 Å². The SMILES string of the molecule is COc1cc(/C=N/Nc2ccc(-c3cnco3)cc2)cc(I)c1O. The van der Waals surface area contributed by atoms with Gasteiger partial charge in [0.05, 0.1) is 28.8 Å². The van der Waals surface area contributed by atoms with Crippen LogP contribution in [0, 0.1) is 3.57 Å². The number of benzene rings is 2. The molecule has 122 valence electrons. The summed E-state index contributed by atoms with van der Waals surface area (Å²) >= 11 is 2.04. The summed E-state index contributed by atoms with van der Waals surface area (Å²) in [6.07, 6.45) is 4.73. The number of hydrogen-bond acceptors (Lipinski definition) is 6. The second-order valence-corrected chi connectivity index (χ2v) is 6.03. The van der Waals surface area contributed by atoms with Gasteiger partial charge in [0.1, 0.15) is 0 Å². The van der Waals surface area contributed by atoms with Gasteiger partial charge in [0.15, 0.2) is 23.7 Å². The molecule has 0 saturated heterocycles. The van der Waals surface area contributed by atoms with E-state index < -0.39 is 0 Å². The van der Waals surface area contributed by atoms with Crippen LogP contribution < -0.4 is 10.2 Å². The molecule has 0 fully saturated rings. The largest absolute Gasteiger partial charge is 0.504 e. The second-order valence-electron chi connectivity index (χ2n) is 4.87. The number of phenols is 1. The molecule has 2 aromatic carbocycles. The number of hydrazone groups is 1. The maximum atomic E-state index is 9.83. The van der Waals surface area contributed by atoms with Crippen LogP contribution in [0.25, 0.3) is 11.3 Å². The highest BCUT2D eigenvalue weighted by atomic mass is 127. The molecule has 0 spiro atoms. The minimum absolute atomic E-state index is 0.131. The Labute approximate surface area is 152 Å². The first-order chi connectivity index (χ1) is 11.7. The van der Waals surface area contributed by atoms with E-state index in [1.807, 2.05) is 52.9 Å². The maximum Gasteiger partial charge on any atom is 0.181 e. The van der Waals surface area contributed by atoms with Crippen molar-refractivity contribution in [2.75, 3.05) is 12.5 Å². The third-order valence-corrected chi connectivity index (χ3v) is 4.10. The average molecular weight is 435 g/mol. The molecular weight excluding hydrogens is 421 g/mol. The van der Waals surface area contributed by atoms with Crippen LogP contribution in [0.1, 0.15) is 5.56 Å². The van der Waals surface area contributed by atoms with Crippen molar-refractivity contribution in [3.05, 3.63) is 58.1 Å². The Balaban J connectivity index is 1.69. The molecule has 6 nitrogen and oxygen atoms in total. The lowest BCUT2D eigenvalue weighted by Crippen LogP contribution is -1.93. The third-order valence-electron chi connectivity index (χ3n) is 3.28. The van der Waals surface area contributed by atoms with Crippen LogP contribution in [-0.4, -0.2) is 23.4 Å². The van der Waals surface area contributed by atoms with Gasteiger partial charge in [-0.1, -0.05) is 0 Å². The highest BCUT2D eigenvalue weighted by Gasteiger charge is 2.07. The average Bonchev–Trinajstić information content (AvgIpc) is 3.13. The Morgan fingerprint density at radius 2 is 2.08 bits per heavy atom. The van der Waals surface area contributed by atoms with Crippen molar-refractivity contribution in [2.24, 2.45) is 5.10 Å². The summed E-state index contributed by atoms with van der Waals surface area (Å²) in [5.41, 5.74) is 5.56. The first-order valence-corrected chi connectivity index (χ1v) is 8.10. The molecule has 0 aliphatic carbocycles. The number of phenolic OH excluding ortho intramolecular Hbond substituents is 1. The van der Waals surface area contributed by atoms with E-state index in [1.165, 1.54) is 13.5 Å². The smallest absolute Gasteiger partial charge is 0.181 e. The molecule has 0 aliphatic rings. The quantitative estimate of drug-likeness (QED) is 0.358. The third kappa shape index (κ3) is 3.67. The number of ether oxygens (including phenoxy) is 1. The van der Waals surface area contributed by atoms with Gasteiger partial charge < -0.3 is 14.3 Å². The molecule has 3 aromatic rings. The van der Waals surface area contributed by atoms with E-state index in [-0.39, 0.29) is 5.75 Å². The predicted octanol–water partition coefficient (Wildman–Crippen LogP) is 4.11. The molecule has 0 radical (unpaired) electrons. The van der Waals surface area contributed by atoms with E-state index >= 15 is 0 Å². The zero-order valence-corrected chi connectivity index (χ0v) is 14.9. The lowest BCUT2D eigenvalue weighted by Gasteiger charge is -2.06. The first kappa shape index (κ1) is 16.3. The monoisotopic (exact) mass is 435 g/mol. The molecule has 3 rings (SSSR count). The molecule has 0 amide bonds. The number of halogens is 1. The van der Waals surface area contributed by atoms with E-state index in [0.717, 1.165) is 22.6 Å². The Morgan fingerprint density at radius 3 is 2.75 bits per heavy atom. The van der Waals surface area contributed by atoms with Crippen molar-refractivity contribution >= 4 is 34.5 Å². The highest BCUT2D eigenvalue weighted by Crippen LogP contribution is 2.31. The van der Waals surface area contributed by atoms with Gasteiger partial charge in [0.2, 0.25) is 0 Å². The predicted molar refractivity (Wildman–Crippen MR) is 101 cm³/mol. The summed E-state index contributed by atoms with van der Waals surface area (Å²) < 4.78 is 11.1. The van der Waals surface area contributed by atoms with Crippen molar-refractivity contribution in [2.45, 2.75) is 0 Å². The number of anilines is 1. The second kappa shape index (κ2) is 7.35. The van der Waals surface area contributed by atoms with Crippen molar-refractivity contribution in [1.29, 1.82) is 0 Å². The first-order valence-electron chi connectivity index (χ1n) is 7.02. The van der Waals surface area contributed by atoms with Crippen LogP contribution in [0.2, 0.25) is 0 Å². The number of methoxy groups -OCH3 is 1. The van der Waals surface area contributed by atoms with Crippen LogP contribution in [-0.2, 0) is 0 Å². The summed E-state index contributed by atoms with van der Waals surface area (Å²) in [4.78, 5) is 3.90. The highest BCUT2D eigenvalue weighted by molar-refractivity contribution is 14.1. The van der Waals surface area contributed by atoms with Gasteiger partial charge in [0.25, 0.3) is 0 Å². The summed E-state index contributed by atoms with van der Waals surface area (Å²) in [5.74, 6) is 1.27. The van der Waals surface area contributed by atoms with E-state index in [0.29, 0.717) is 9.32 Å². The molecule has 1 aromatic heterocycles. The molecule has 0 atom stereocenters. The lowest BCUT2D eigenvalue weighted by molar-refractivity contribution is 0.371. The number of nitrogens with zero attached hydrogens (tertiary/aromatic N) is 2. The molecule has 1 heterocycles. The van der Waals surface area contributed by atoms with Gasteiger partial charge in [-0.05, 0) is 64.6 Å². The summed E-state index contributed by atoms with van der Waals surface area (Å²) in [5, 5.41) is 14.0. The number of hydrogen-bond donors (Lipinski definition) is 2. The fourth-order valence-electron chi connectivity index (χ4n) is 2.07. The fourth-order valence-corrected chi connectivity index (χ4v) is 2.70. The molecule has 24 heavy (non-hydrogen) atoms. The van der Waals surface area contributed by atoms with Crippen LogP contribution in [0.15, 0.2) is 58.5 Å². The Bertz CT molecular complexity index is 846. The summed E-state index contributed by atoms with van der Waals surface area (Å²) in [6.45, 7) is 0. The number of aromatic nitrogens is 1. The van der Waals surface area contributed by atoms with Crippen LogP contribution in [0.4, 0.5) is 5.69 Å². The summed E-state index contributed by atoms with van der Waals surface area (Å²) in [6, 6.07) is 11.2. The Hall–Kier alpha value is -2.55. The summed E-state index contributed by atoms with van der Waals surface area (Å²) in [7, 11) is 1.51. The van der Waals surface area contributed by atoms with Crippen LogP contribution in [0.3, 0.4) is 0 Å². The minimum Gasteiger partial charge on any atom is -0.504 e. The van der Waals surface area contributed by atoms with E-state index in [1.54, 1.807) is 18.5 Å². The lowest BCUT2D eigenvalue weighted by atomic mass is 10.2. The van der Waals surface area contributed by atoms with Gasteiger partial charge in [-0.25, -0.2) is 4.98 Å². The molecule has 0 bridgehead atoms. The number of rotatable bonds is 5. The minimum atomic E-state index is 0.131. The van der Waals surface area contributed by atoms with Crippen molar-refractivity contribution < 1.29 is 14.3 Å². The Morgan fingerprint density at radius 1 is 1.29 bits per heavy atom. The fraction of sp³-hybridized carbons (Fsp3) is 0.0588. The van der Waals surface area contributed by atoms with Gasteiger partial charge >= 0.3 is 0 Å². The topological polar surface area (TPSA) is 79.9 Å². The van der Waals surface area contributed by atoms with E-state index in [2.05, 4.69) is 15.5 Å². The number of oxazole rings is 1. The molecular formula is C17H14IN3O3. The number of nitrogens with one attached hydrogen (secondary N) is 1. The van der Waals surface area contributed by atoms with Gasteiger partial charge in [-0.15, -0.1) is 0 Å². The van der Waals surface area contributed by atoms with Gasteiger partial charge in [0, 0.05) is 5.56 Å². The molecule has 0 aliphatic heterocycles. The molecule has 2 N–H and O–H groups in total. The normalized spacial score (nSPS) is 10.9. The zero-order valence-electron chi connectivity index (χ0n) is 12.7. The van der Waals surface area contributed by atoms with E-state index in [9.17, 15) is 5.11 Å². The van der Waals surface area contributed by atoms with Crippen molar-refractivity contribution in [3.63, 3.8) is 0 Å². The molecule has 7 heteroatoms. The van der Waals surface area contributed by atoms with Crippen molar-refractivity contribution in [1.82, 2.24) is 4.98 Å². The number of aromatic hydroxyl groups is 1.